The standard InChI is InChI=1S/C12H28O2Si/c1-6-8-9-11(7-2)10-15(5)12(13-3)14-4/h11-12,15H,6-10H2,1-5H3. The molecule has 0 saturated carbocycles. The summed E-state index contributed by atoms with van der Waals surface area (Å²) in [7, 11) is 2.63. The van der Waals surface area contributed by atoms with Crippen molar-refractivity contribution in [3.05, 3.63) is 0 Å². The molecule has 15 heavy (non-hydrogen) atoms. The molecule has 2 atom stereocenters. The number of ether oxygens (including phenoxy) is 2. The van der Waals surface area contributed by atoms with E-state index in [2.05, 4.69) is 20.4 Å². The first-order valence-corrected chi connectivity index (χ1v) is 8.88. The smallest absolute Gasteiger partial charge is 0.137 e. The third-order valence-corrected chi connectivity index (χ3v) is 6.06. The van der Waals surface area contributed by atoms with Gasteiger partial charge in [-0.3, -0.25) is 0 Å². The molecule has 0 aromatic heterocycles. The summed E-state index contributed by atoms with van der Waals surface area (Å²) in [6, 6.07) is 1.35. The molecule has 0 spiro atoms. The highest BCUT2D eigenvalue weighted by Gasteiger charge is 2.21. The lowest BCUT2D eigenvalue weighted by atomic mass is 10.0. The molecule has 0 N–H and O–H groups in total. The van der Waals surface area contributed by atoms with Gasteiger partial charge in [0.1, 0.15) is 14.7 Å². The molecule has 0 bridgehead atoms. The molecule has 0 heterocycles. The van der Waals surface area contributed by atoms with Crippen molar-refractivity contribution in [1.29, 1.82) is 0 Å². The topological polar surface area (TPSA) is 18.5 Å². The molecule has 92 valence electrons. The third-order valence-electron chi connectivity index (χ3n) is 3.18. The Labute approximate surface area is 97.0 Å². The number of methoxy groups -OCH3 is 2. The molecule has 0 aliphatic carbocycles. The van der Waals surface area contributed by atoms with Crippen molar-refractivity contribution in [2.75, 3.05) is 14.2 Å². The first-order valence-electron chi connectivity index (χ1n) is 6.25. The molecule has 0 amide bonds. The van der Waals surface area contributed by atoms with E-state index in [4.69, 9.17) is 9.47 Å². The minimum absolute atomic E-state index is 0.0978. The highest BCUT2D eigenvalue weighted by Crippen LogP contribution is 2.21. The maximum absolute atomic E-state index is 5.35. The first kappa shape index (κ1) is 15.1. The van der Waals surface area contributed by atoms with E-state index in [1.165, 1.54) is 31.7 Å². The normalized spacial score (nSPS) is 15.6. The van der Waals surface area contributed by atoms with Crippen LogP contribution in [0, 0.1) is 5.92 Å². The van der Waals surface area contributed by atoms with Gasteiger partial charge >= 0.3 is 0 Å². The van der Waals surface area contributed by atoms with Gasteiger partial charge in [0, 0.05) is 14.2 Å². The molecule has 0 aliphatic rings. The Balaban J connectivity index is 3.92. The fourth-order valence-corrected chi connectivity index (χ4v) is 4.95. The Bertz CT molecular complexity index is 138. The molecule has 0 aromatic carbocycles. The van der Waals surface area contributed by atoms with Crippen LogP contribution in [0.4, 0.5) is 0 Å². The zero-order valence-corrected chi connectivity index (χ0v) is 12.2. The van der Waals surface area contributed by atoms with Crippen molar-refractivity contribution in [2.45, 2.75) is 58.0 Å². The van der Waals surface area contributed by atoms with Crippen molar-refractivity contribution in [2.24, 2.45) is 5.92 Å². The fourth-order valence-electron chi connectivity index (χ4n) is 2.18. The summed E-state index contributed by atoms with van der Waals surface area (Å²) in [6.45, 7) is 6.92. The van der Waals surface area contributed by atoms with Gasteiger partial charge in [0.05, 0.1) is 0 Å². The highest BCUT2D eigenvalue weighted by molar-refractivity contribution is 6.58. The van der Waals surface area contributed by atoms with E-state index in [-0.39, 0.29) is 5.91 Å². The summed E-state index contributed by atoms with van der Waals surface area (Å²) in [5, 5.41) is 0. The Morgan fingerprint density at radius 3 is 2.13 bits per heavy atom. The van der Waals surface area contributed by atoms with Gasteiger partial charge in [-0.05, 0) is 5.92 Å². The summed E-state index contributed by atoms with van der Waals surface area (Å²) in [5.74, 6) is 0.986. The summed E-state index contributed by atoms with van der Waals surface area (Å²) in [5.41, 5.74) is 0. The average Bonchev–Trinajstić information content (AvgIpc) is 2.25. The van der Waals surface area contributed by atoms with Gasteiger partial charge in [-0.25, -0.2) is 0 Å². The van der Waals surface area contributed by atoms with Crippen LogP contribution in [0.25, 0.3) is 0 Å². The number of hydrogen-bond donors (Lipinski definition) is 0. The molecule has 2 unspecified atom stereocenters. The molecular weight excluding hydrogens is 204 g/mol. The average molecular weight is 232 g/mol. The second kappa shape index (κ2) is 9.37. The van der Waals surface area contributed by atoms with Gasteiger partial charge in [-0.1, -0.05) is 52.1 Å². The van der Waals surface area contributed by atoms with Crippen molar-refractivity contribution < 1.29 is 9.47 Å². The quantitative estimate of drug-likeness (QED) is 0.449. The maximum Gasteiger partial charge on any atom is 0.137 e. The number of hydrogen-bond acceptors (Lipinski definition) is 2. The zero-order valence-electron chi connectivity index (χ0n) is 11.1. The number of rotatable bonds is 9. The minimum Gasteiger partial charge on any atom is -0.360 e. The van der Waals surface area contributed by atoms with Crippen LogP contribution in [0.15, 0.2) is 0 Å². The van der Waals surface area contributed by atoms with Crippen LogP contribution < -0.4 is 0 Å². The Kier molecular flexibility index (Phi) is 9.45. The Morgan fingerprint density at radius 1 is 1.13 bits per heavy atom. The molecule has 2 nitrogen and oxygen atoms in total. The van der Waals surface area contributed by atoms with E-state index in [0.717, 1.165) is 5.92 Å². The first-order chi connectivity index (χ1) is 7.19. The van der Waals surface area contributed by atoms with Crippen LogP contribution in [0.1, 0.15) is 39.5 Å². The van der Waals surface area contributed by atoms with Gasteiger partial charge in [0.2, 0.25) is 0 Å². The lowest BCUT2D eigenvalue weighted by Gasteiger charge is -2.24. The zero-order chi connectivity index (χ0) is 11.7. The predicted molar refractivity (Wildman–Crippen MR) is 68.9 cm³/mol. The highest BCUT2D eigenvalue weighted by atomic mass is 28.3. The van der Waals surface area contributed by atoms with Crippen LogP contribution in [0.5, 0.6) is 0 Å². The Hall–Kier alpha value is 0.137. The molecular formula is C12H28O2Si. The van der Waals surface area contributed by atoms with Crippen molar-refractivity contribution in [3.8, 4) is 0 Å². The summed E-state index contributed by atoms with van der Waals surface area (Å²) in [6.07, 6.45) is 5.36. The van der Waals surface area contributed by atoms with Crippen LogP contribution in [0.2, 0.25) is 12.6 Å². The van der Waals surface area contributed by atoms with Crippen molar-refractivity contribution in [1.82, 2.24) is 0 Å². The van der Waals surface area contributed by atoms with Gasteiger partial charge in [0.25, 0.3) is 0 Å². The summed E-state index contributed by atoms with van der Waals surface area (Å²) in [4.78, 5) is 0. The van der Waals surface area contributed by atoms with Crippen LogP contribution in [-0.4, -0.2) is 28.9 Å². The van der Waals surface area contributed by atoms with Gasteiger partial charge in [-0.2, -0.15) is 0 Å². The maximum atomic E-state index is 5.35. The minimum atomic E-state index is -0.880. The van der Waals surface area contributed by atoms with Crippen molar-refractivity contribution >= 4 is 8.80 Å². The summed E-state index contributed by atoms with van der Waals surface area (Å²) < 4.78 is 10.7. The van der Waals surface area contributed by atoms with Crippen molar-refractivity contribution in [3.63, 3.8) is 0 Å². The van der Waals surface area contributed by atoms with E-state index in [1.54, 1.807) is 14.2 Å². The molecule has 0 rings (SSSR count). The van der Waals surface area contributed by atoms with E-state index in [9.17, 15) is 0 Å². The SMILES string of the molecule is CCCCC(CC)C[SiH](C)C(OC)OC. The third kappa shape index (κ3) is 6.33. The van der Waals surface area contributed by atoms with E-state index >= 15 is 0 Å². The van der Waals surface area contributed by atoms with Crippen LogP contribution in [-0.2, 0) is 9.47 Å². The molecule has 0 radical (unpaired) electrons. The monoisotopic (exact) mass is 232 g/mol. The molecule has 0 aliphatic heterocycles. The predicted octanol–water partition coefficient (Wildman–Crippen LogP) is 3.22. The van der Waals surface area contributed by atoms with Crippen LogP contribution in [0.3, 0.4) is 0 Å². The second-order valence-electron chi connectivity index (χ2n) is 4.47. The van der Waals surface area contributed by atoms with Gasteiger partial charge in [-0.15, -0.1) is 0 Å². The second-order valence-corrected chi connectivity index (χ2v) is 7.44. The van der Waals surface area contributed by atoms with E-state index in [1.807, 2.05) is 0 Å². The lowest BCUT2D eigenvalue weighted by molar-refractivity contribution is -0.0472. The lowest BCUT2D eigenvalue weighted by Crippen LogP contribution is -2.33. The summed E-state index contributed by atoms with van der Waals surface area (Å²) >= 11 is 0. The van der Waals surface area contributed by atoms with E-state index < -0.39 is 8.80 Å². The molecule has 3 heteroatoms. The van der Waals surface area contributed by atoms with Gasteiger partial charge in [0.15, 0.2) is 0 Å². The molecule has 0 aromatic rings. The largest absolute Gasteiger partial charge is 0.360 e. The molecule has 0 saturated heterocycles. The van der Waals surface area contributed by atoms with Crippen LogP contribution >= 0.6 is 0 Å². The van der Waals surface area contributed by atoms with Gasteiger partial charge < -0.3 is 9.47 Å². The Morgan fingerprint density at radius 2 is 1.73 bits per heavy atom. The molecule has 0 fully saturated rings. The fraction of sp³-hybridized carbons (Fsp3) is 1.00. The number of unbranched alkanes of at least 4 members (excludes halogenated alkanes) is 1. The van der Waals surface area contributed by atoms with E-state index in [0.29, 0.717) is 0 Å².